The standard InChI is InChI=1S/C16H23FN2O3/c1-3-22-15-9-12(17)7-8-13(15)18-16(21)19(2)10-11-5-4-6-14(11)20/h7-9,11,14,20H,3-6,10H2,1-2H3,(H,18,21). The third-order valence-corrected chi connectivity index (χ3v) is 3.96. The number of aliphatic hydroxyl groups is 1. The van der Waals surface area contributed by atoms with Gasteiger partial charge in [-0.15, -0.1) is 0 Å². The molecule has 2 N–H and O–H groups in total. The van der Waals surface area contributed by atoms with Gasteiger partial charge < -0.3 is 20.1 Å². The van der Waals surface area contributed by atoms with Crippen LogP contribution in [0.1, 0.15) is 26.2 Å². The number of carbonyl (C=O) groups excluding carboxylic acids is 1. The number of anilines is 1. The normalized spacial score (nSPS) is 20.7. The van der Waals surface area contributed by atoms with Gasteiger partial charge in [-0.05, 0) is 31.9 Å². The molecule has 1 aromatic carbocycles. The molecule has 1 aromatic rings. The highest BCUT2D eigenvalue weighted by molar-refractivity contribution is 5.90. The number of halogens is 1. The van der Waals surface area contributed by atoms with E-state index in [0.717, 1.165) is 19.3 Å². The van der Waals surface area contributed by atoms with Gasteiger partial charge in [0.1, 0.15) is 11.6 Å². The second-order valence-electron chi connectivity index (χ2n) is 5.64. The Labute approximate surface area is 130 Å². The first-order valence-electron chi connectivity index (χ1n) is 7.63. The number of nitrogens with zero attached hydrogens (tertiary/aromatic N) is 1. The molecule has 22 heavy (non-hydrogen) atoms. The van der Waals surface area contributed by atoms with Crippen LogP contribution in [0.5, 0.6) is 5.75 Å². The molecule has 0 aromatic heterocycles. The molecule has 0 spiro atoms. The minimum atomic E-state index is -0.413. The summed E-state index contributed by atoms with van der Waals surface area (Å²) >= 11 is 0. The van der Waals surface area contributed by atoms with E-state index >= 15 is 0 Å². The first kappa shape index (κ1) is 16.5. The third kappa shape index (κ3) is 4.10. The predicted molar refractivity (Wildman–Crippen MR) is 82.6 cm³/mol. The summed E-state index contributed by atoms with van der Waals surface area (Å²) in [5.74, 6) is 0.0179. The zero-order chi connectivity index (χ0) is 16.1. The van der Waals surface area contributed by atoms with Crippen LogP contribution >= 0.6 is 0 Å². The number of ether oxygens (including phenoxy) is 1. The van der Waals surface area contributed by atoms with Gasteiger partial charge in [-0.3, -0.25) is 0 Å². The number of benzene rings is 1. The molecule has 2 amide bonds. The summed E-state index contributed by atoms with van der Waals surface area (Å²) in [5, 5.41) is 12.6. The lowest BCUT2D eigenvalue weighted by Crippen LogP contribution is -2.37. The van der Waals surface area contributed by atoms with E-state index in [-0.39, 0.29) is 18.1 Å². The minimum absolute atomic E-state index is 0.121. The number of urea groups is 1. The number of carbonyl (C=O) groups is 1. The summed E-state index contributed by atoms with van der Waals surface area (Å²) in [5.41, 5.74) is 0.437. The first-order chi connectivity index (χ1) is 10.5. The molecular weight excluding hydrogens is 287 g/mol. The monoisotopic (exact) mass is 310 g/mol. The maximum atomic E-state index is 13.2. The Morgan fingerprint density at radius 2 is 2.27 bits per heavy atom. The second-order valence-corrected chi connectivity index (χ2v) is 5.64. The van der Waals surface area contributed by atoms with Gasteiger partial charge in [0.05, 0.1) is 18.4 Å². The van der Waals surface area contributed by atoms with Crippen LogP contribution in [0.4, 0.5) is 14.9 Å². The molecule has 0 saturated heterocycles. The summed E-state index contributed by atoms with van der Waals surface area (Å²) in [6.45, 7) is 2.68. The highest BCUT2D eigenvalue weighted by Gasteiger charge is 2.27. The highest BCUT2D eigenvalue weighted by atomic mass is 19.1. The van der Waals surface area contributed by atoms with E-state index in [4.69, 9.17) is 4.74 Å². The lowest BCUT2D eigenvalue weighted by molar-refractivity contribution is 0.116. The van der Waals surface area contributed by atoms with Crippen molar-refractivity contribution in [2.24, 2.45) is 5.92 Å². The van der Waals surface area contributed by atoms with E-state index in [1.807, 2.05) is 0 Å². The Balaban J connectivity index is 1.98. The van der Waals surface area contributed by atoms with Crippen molar-refractivity contribution in [3.63, 3.8) is 0 Å². The molecule has 1 fully saturated rings. The number of rotatable bonds is 5. The first-order valence-corrected chi connectivity index (χ1v) is 7.63. The summed E-state index contributed by atoms with van der Waals surface area (Å²) in [6, 6.07) is 3.71. The number of hydrogen-bond donors (Lipinski definition) is 2. The fourth-order valence-electron chi connectivity index (χ4n) is 2.75. The molecule has 0 radical (unpaired) electrons. The fraction of sp³-hybridized carbons (Fsp3) is 0.562. The summed E-state index contributed by atoms with van der Waals surface area (Å²) in [6.07, 6.45) is 2.39. The Kier molecular flexibility index (Phi) is 5.60. The van der Waals surface area contributed by atoms with Crippen LogP contribution in [-0.4, -0.2) is 42.3 Å². The zero-order valence-electron chi connectivity index (χ0n) is 13.0. The van der Waals surface area contributed by atoms with Gasteiger partial charge >= 0.3 is 6.03 Å². The number of nitrogens with one attached hydrogen (secondary N) is 1. The van der Waals surface area contributed by atoms with Crippen molar-refractivity contribution >= 4 is 11.7 Å². The smallest absolute Gasteiger partial charge is 0.321 e. The maximum Gasteiger partial charge on any atom is 0.321 e. The molecule has 0 heterocycles. The number of hydrogen-bond acceptors (Lipinski definition) is 3. The quantitative estimate of drug-likeness (QED) is 0.879. The van der Waals surface area contributed by atoms with E-state index in [1.165, 1.54) is 23.1 Å². The second kappa shape index (κ2) is 7.45. The summed E-state index contributed by atoms with van der Waals surface area (Å²) in [4.78, 5) is 13.8. The Hall–Kier alpha value is -1.82. The molecule has 6 heteroatoms. The highest BCUT2D eigenvalue weighted by Crippen LogP contribution is 2.28. The molecular formula is C16H23FN2O3. The Bertz CT molecular complexity index is 524. The summed E-state index contributed by atoms with van der Waals surface area (Å²) in [7, 11) is 1.68. The average molecular weight is 310 g/mol. The van der Waals surface area contributed by atoms with Crippen molar-refractivity contribution in [1.82, 2.24) is 4.90 Å². The van der Waals surface area contributed by atoms with Gasteiger partial charge in [0.25, 0.3) is 0 Å². The van der Waals surface area contributed by atoms with Crippen LogP contribution in [0, 0.1) is 11.7 Å². The van der Waals surface area contributed by atoms with E-state index < -0.39 is 5.82 Å². The molecule has 122 valence electrons. The zero-order valence-corrected chi connectivity index (χ0v) is 13.0. The number of amides is 2. The van der Waals surface area contributed by atoms with Gasteiger partial charge in [0.15, 0.2) is 0 Å². The van der Waals surface area contributed by atoms with Gasteiger partial charge in [0.2, 0.25) is 0 Å². The Morgan fingerprint density at radius 3 is 2.91 bits per heavy atom. The Morgan fingerprint density at radius 1 is 1.50 bits per heavy atom. The number of aliphatic hydroxyl groups excluding tert-OH is 1. The molecule has 2 rings (SSSR count). The van der Waals surface area contributed by atoms with Gasteiger partial charge in [-0.2, -0.15) is 0 Å². The van der Waals surface area contributed by atoms with Crippen molar-refractivity contribution in [2.75, 3.05) is 25.5 Å². The molecule has 1 aliphatic rings. The van der Waals surface area contributed by atoms with E-state index in [9.17, 15) is 14.3 Å². The summed E-state index contributed by atoms with van der Waals surface area (Å²) < 4.78 is 18.6. The lowest BCUT2D eigenvalue weighted by atomic mass is 10.1. The van der Waals surface area contributed by atoms with E-state index in [2.05, 4.69) is 5.32 Å². The molecule has 1 saturated carbocycles. The van der Waals surface area contributed by atoms with Crippen molar-refractivity contribution < 1.29 is 19.0 Å². The topological polar surface area (TPSA) is 61.8 Å². The molecule has 0 aliphatic heterocycles. The molecule has 0 bridgehead atoms. The van der Waals surface area contributed by atoms with Crippen LogP contribution < -0.4 is 10.1 Å². The average Bonchev–Trinajstić information content (AvgIpc) is 2.87. The molecule has 1 aliphatic carbocycles. The van der Waals surface area contributed by atoms with Crippen LogP contribution in [-0.2, 0) is 0 Å². The molecule has 2 atom stereocenters. The van der Waals surface area contributed by atoms with Gasteiger partial charge in [-0.1, -0.05) is 6.42 Å². The predicted octanol–water partition coefficient (Wildman–Crippen LogP) is 2.85. The van der Waals surface area contributed by atoms with Crippen molar-refractivity contribution in [3.05, 3.63) is 24.0 Å². The van der Waals surface area contributed by atoms with Crippen LogP contribution in [0.3, 0.4) is 0 Å². The van der Waals surface area contributed by atoms with E-state index in [0.29, 0.717) is 24.6 Å². The minimum Gasteiger partial charge on any atom is -0.492 e. The van der Waals surface area contributed by atoms with Crippen molar-refractivity contribution in [3.8, 4) is 5.75 Å². The van der Waals surface area contributed by atoms with Crippen LogP contribution in [0.25, 0.3) is 0 Å². The fourth-order valence-corrected chi connectivity index (χ4v) is 2.75. The SMILES string of the molecule is CCOc1cc(F)ccc1NC(=O)N(C)CC1CCCC1O. The third-order valence-electron chi connectivity index (χ3n) is 3.96. The van der Waals surface area contributed by atoms with Crippen molar-refractivity contribution in [2.45, 2.75) is 32.3 Å². The largest absolute Gasteiger partial charge is 0.492 e. The van der Waals surface area contributed by atoms with Crippen molar-refractivity contribution in [1.29, 1.82) is 0 Å². The van der Waals surface area contributed by atoms with E-state index in [1.54, 1.807) is 14.0 Å². The molecule has 5 nitrogen and oxygen atoms in total. The lowest BCUT2D eigenvalue weighted by Gasteiger charge is -2.24. The van der Waals surface area contributed by atoms with Crippen LogP contribution in [0.2, 0.25) is 0 Å². The molecule has 2 unspecified atom stereocenters. The van der Waals surface area contributed by atoms with Crippen LogP contribution in [0.15, 0.2) is 18.2 Å². The maximum absolute atomic E-state index is 13.2. The van der Waals surface area contributed by atoms with Gasteiger partial charge in [0, 0.05) is 25.6 Å². The van der Waals surface area contributed by atoms with Gasteiger partial charge in [-0.25, -0.2) is 9.18 Å².